The third kappa shape index (κ3) is 4.47. The summed E-state index contributed by atoms with van der Waals surface area (Å²) < 4.78 is 1.94. The minimum atomic E-state index is 0.359. The first kappa shape index (κ1) is 12.2. The molecule has 1 heterocycles. The Morgan fingerprint density at radius 3 is 2.73 bits per heavy atom. The molecular weight excluding hydrogens is 186 g/mol. The van der Waals surface area contributed by atoms with Crippen LogP contribution in [0, 0.1) is 5.92 Å². The largest absolute Gasteiger partial charge is 0.328 e. The first-order valence-electron chi connectivity index (χ1n) is 5.82. The van der Waals surface area contributed by atoms with Crippen LogP contribution in [0.3, 0.4) is 0 Å². The van der Waals surface area contributed by atoms with E-state index in [0.717, 1.165) is 25.7 Å². The highest BCUT2D eigenvalue weighted by molar-refractivity contribution is 4.99. The van der Waals surface area contributed by atoms with Gasteiger partial charge in [-0.3, -0.25) is 4.68 Å². The smallest absolute Gasteiger partial charge is 0.0492 e. The number of aryl methyl sites for hydroxylation is 2. The number of nitrogens with two attached hydrogens (primary N) is 1. The molecule has 15 heavy (non-hydrogen) atoms. The lowest BCUT2D eigenvalue weighted by atomic mass is 9.99. The fraction of sp³-hybridized carbons (Fsp3) is 0.750. The van der Waals surface area contributed by atoms with Gasteiger partial charge in [-0.05, 0) is 37.7 Å². The number of aromatic nitrogens is 2. The Labute approximate surface area is 92.7 Å². The molecular formula is C12H23N3. The molecule has 0 aliphatic heterocycles. The minimum Gasteiger partial charge on any atom is -0.328 e. The topological polar surface area (TPSA) is 43.8 Å². The predicted molar refractivity (Wildman–Crippen MR) is 63.6 cm³/mol. The summed E-state index contributed by atoms with van der Waals surface area (Å²) in [6.45, 7) is 4.45. The molecule has 0 saturated carbocycles. The lowest BCUT2D eigenvalue weighted by Gasteiger charge is -2.13. The van der Waals surface area contributed by atoms with Gasteiger partial charge >= 0.3 is 0 Å². The normalized spacial score (nSPS) is 13.4. The average Bonchev–Trinajstić information content (AvgIpc) is 2.50. The molecule has 3 heteroatoms. The molecule has 1 atom stereocenters. The molecule has 0 bridgehead atoms. The average molecular weight is 209 g/mol. The van der Waals surface area contributed by atoms with Crippen molar-refractivity contribution < 1.29 is 0 Å². The number of hydrogen-bond donors (Lipinski definition) is 1. The van der Waals surface area contributed by atoms with E-state index in [2.05, 4.69) is 25.0 Å². The number of hydrogen-bond acceptors (Lipinski definition) is 2. The lowest BCUT2D eigenvalue weighted by molar-refractivity contribution is 0.461. The van der Waals surface area contributed by atoms with Gasteiger partial charge in [-0.15, -0.1) is 0 Å². The standard InChI is InChI=1S/C12H23N3/c1-10(2)9-11(13)5-4-6-12-7-8-14-15(12)3/h7-8,10-11H,4-6,9,13H2,1-3H3. The monoisotopic (exact) mass is 209 g/mol. The Kier molecular flexibility index (Phi) is 4.82. The first-order valence-corrected chi connectivity index (χ1v) is 5.82. The van der Waals surface area contributed by atoms with Crippen molar-refractivity contribution in [3.05, 3.63) is 18.0 Å². The van der Waals surface area contributed by atoms with Crippen molar-refractivity contribution in [2.24, 2.45) is 18.7 Å². The molecule has 1 unspecified atom stereocenters. The van der Waals surface area contributed by atoms with E-state index in [4.69, 9.17) is 5.73 Å². The second kappa shape index (κ2) is 5.91. The van der Waals surface area contributed by atoms with Gasteiger partial charge in [-0.1, -0.05) is 13.8 Å². The van der Waals surface area contributed by atoms with Gasteiger partial charge in [0.05, 0.1) is 0 Å². The van der Waals surface area contributed by atoms with E-state index in [1.807, 2.05) is 17.9 Å². The summed E-state index contributed by atoms with van der Waals surface area (Å²) >= 11 is 0. The highest BCUT2D eigenvalue weighted by atomic mass is 15.2. The zero-order valence-electron chi connectivity index (χ0n) is 10.1. The Morgan fingerprint density at radius 2 is 2.20 bits per heavy atom. The molecule has 1 aromatic rings. The van der Waals surface area contributed by atoms with E-state index in [0.29, 0.717) is 12.0 Å². The highest BCUT2D eigenvalue weighted by Crippen LogP contribution is 2.10. The van der Waals surface area contributed by atoms with Crippen LogP contribution in [0.15, 0.2) is 12.3 Å². The molecule has 1 aromatic heterocycles. The quantitative estimate of drug-likeness (QED) is 0.780. The third-order valence-corrected chi connectivity index (χ3v) is 2.70. The van der Waals surface area contributed by atoms with Crippen LogP contribution in [0.5, 0.6) is 0 Å². The van der Waals surface area contributed by atoms with Crippen LogP contribution in [0.1, 0.15) is 38.8 Å². The minimum absolute atomic E-state index is 0.359. The second-order valence-electron chi connectivity index (χ2n) is 4.73. The number of rotatable bonds is 6. The summed E-state index contributed by atoms with van der Waals surface area (Å²) in [6, 6.07) is 2.44. The van der Waals surface area contributed by atoms with Crippen LogP contribution in [0.4, 0.5) is 0 Å². The molecule has 0 aliphatic rings. The summed E-state index contributed by atoms with van der Waals surface area (Å²) in [5.41, 5.74) is 7.33. The molecule has 0 spiro atoms. The fourth-order valence-corrected chi connectivity index (χ4v) is 1.92. The zero-order chi connectivity index (χ0) is 11.3. The Hall–Kier alpha value is -0.830. The van der Waals surface area contributed by atoms with E-state index in [1.165, 1.54) is 5.69 Å². The van der Waals surface area contributed by atoms with Crippen LogP contribution in [-0.2, 0) is 13.5 Å². The van der Waals surface area contributed by atoms with Gasteiger partial charge in [0.15, 0.2) is 0 Å². The zero-order valence-corrected chi connectivity index (χ0v) is 10.1. The SMILES string of the molecule is CC(C)CC(N)CCCc1ccnn1C. The summed E-state index contributed by atoms with van der Waals surface area (Å²) in [7, 11) is 1.99. The van der Waals surface area contributed by atoms with Gasteiger partial charge in [-0.25, -0.2) is 0 Å². The summed E-state index contributed by atoms with van der Waals surface area (Å²) in [6.07, 6.45) is 6.34. The fourth-order valence-electron chi connectivity index (χ4n) is 1.92. The van der Waals surface area contributed by atoms with Crippen LogP contribution in [-0.4, -0.2) is 15.8 Å². The lowest BCUT2D eigenvalue weighted by Crippen LogP contribution is -2.22. The Bertz CT molecular complexity index is 278. The van der Waals surface area contributed by atoms with E-state index < -0.39 is 0 Å². The molecule has 0 aliphatic carbocycles. The van der Waals surface area contributed by atoms with Crippen molar-refractivity contribution in [2.75, 3.05) is 0 Å². The van der Waals surface area contributed by atoms with Crippen LogP contribution >= 0.6 is 0 Å². The predicted octanol–water partition coefficient (Wildman–Crippen LogP) is 2.12. The second-order valence-corrected chi connectivity index (χ2v) is 4.73. The Morgan fingerprint density at radius 1 is 1.47 bits per heavy atom. The number of nitrogens with zero attached hydrogens (tertiary/aromatic N) is 2. The molecule has 0 amide bonds. The van der Waals surface area contributed by atoms with Crippen LogP contribution < -0.4 is 5.73 Å². The Balaban J connectivity index is 2.19. The van der Waals surface area contributed by atoms with Crippen molar-refractivity contribution in [1.29, 1.82) is 0 Å². The third-order valence-electron chi connectivity index (χ3n) is 2.70. The van der Waals surface area contributed by atoms with Crippen molar-refractivity contribution >= 4 is 0 Å². The van der Waals surface area contributed by atoms with Gasteiger partial charge in [0, 0.05) is 25.0 Å². The van der Waals surface area contributed by atoms with Crippen LogP contribution in [0.25, 0.3) is 0 Å². The summed E-state index contributed by atoms with van der Waals surface area (Å²) in [5.74, 6) is 0.705. The highest BCUT2D eigenvalue weighted by Gasteiger charge is 2.06. The maximum absolute atomic E-state index is 6.03. The molecule has 2 N–H and O–H groups in total. The van der Waals surface area contributed by atoms with Gasteiger partial charge in [0.2, 0.25) is 0 Å². The van der Waals surface area contributed by atoms with Crippen molar-refractivity contribution in [2.45, 2.75) is 45.6 Å². The maximum Gasteiger partial charge on any atom is 0.0492 e. The summed E-state index contributed by atoms with van der Waals surface area (Å²) in [5, 5.41) is 4.15. The van der Waals surface area contributed by atoms with Crippen molar-refractivity contribution in [3.63, 3.8) is 0 Å². The van der Waals surface area contributed by atoms with Gasteiger partial charge in [0.1, 0.15) is 0 Å². The van der Waals surface area contributed by atoms with E-state index in [1.54, 1.807) is 0 Å². The van der Waals surface area contributed by atoms with E-state index in [-0.39, 0.29) is 0 Å². The van der Waals surface area contributed by atoms with Gasteiger partial charge in [0.25, 0.3) is 0 Å². The van der Waals surface area contributed by atoms with E-state index in [9.17, 15) is 0 Å². The molecule has 86 valence electrons. The van der Waals surface area contributed by atoms with Crippen molar-refractivity contribution in [1.82, 2.24) is 9.78 Å². The summed E-state index contributed by atoms with van der Waals surface area (Å²) in [4.78, 5) is 0. The molecule has 0 radical (unpaired) electrons. The van der Waals surface area contributed by atoms with Crippen molar-refractivity contribution in [3.8, 4) is 0 Å². The molecule has 1 rings (SSSR count). The van der Waals surface area contributed by atoms with Crippen LogP contribution in [0.2, 0.25) is 0 Å². The van der Waals surface area contributed by atoms with E-state index >= 15 is 0 Å². The van der Waals surface area contributed by atoms with Gasteiger partial charge < -0.3 is 5.73 Å². The molecule has 0 saturated heterocycles. The molecule has 0 fully saturated rings. The first-order chi connectivity index (χ1) is 7.09. The molecule has 3 nitrogen and oxygen atoms in total. The maximum atomic E-state index is 6.03. The van der Waals surface area contributed by atoms with Gasteiger partial charge in [-0.2, -0.15) is 5.10 Å². The molecule has 0 aromatic carbocycles.